The van der Waals surface area contributed by atoms with Gasteiger partial charge in [0.1, 0.15) is 6.61 Å². The third kappa shape index (κ3) is 5.37. The minimum Gasteiger partial charge on any atom is -0.493 e. The number of ether oxygens (including phenoxy) is 2. The van der Waals surface area contributed by atoms with Crippen molar-refractivity contribution in [3.8, 4) is 35.1 Å². The van der Waals surface area contributed by atoms with E-state index in [1.165, 1.54) is 0 Å². The van der Waals surface area contributed by atoms with Gasteiger partial charge < -0.3 is 14.8 Å². The average molecular weight is 451 g/mol. The van der Waals surface area contributed by atoms with E-state index >= 15 is 0 Å². The molecule has 3 aromatic rings. The molecule has 0 aliphatic rings. The molecule has 1 N–H and O–H groups in total. The quantitative estimate of drug-likeness (QED) is 0.529. The molecule has 0 aliphatic heterocycles. The van der Waals surface area contributed by atoms with Crippen molar-refractivity contribution in [2.45, 2.75) is 6.42 Å². The van der Waals surface area contributed by atoms with Crippen molar-refractivity contribution >= 4 is 27.5 Å². The number of anilines is 1. The highest BCUT2D eigenvalue weighted by Gasteiger charge is 2.13. The summed E-state index contributed by atoms with van der Waals surface area (Å²) in [5, 5.41) is 2.95. The predicted octanol–water partition coefficient (Wildman–Crippen LogP) is 4.71. The lowest BCUT2D eigenvalue weighted by Crippen LogP contribution is -2.15. The van der Waals surface area contributed by atoms with Gasteiger partial charge in [-0.3, -0.25) is 9.78 Å². The Kier molecular flexibility index (Phi) is 6.88. The summed E-state index contributed by atoms with van der Waals surface area (Å²) >= 11 is 3.39. The van der Waals surface area contributed by atoms with Crippen LogP contribution in [0.15, 0.2) is 65.3 Å². The Hall–Kier alpha value is -3.30. The molecular formula is C23H19BrN2O3. The third-order valence-corrected chi connectivity index (χ3v) is 4.64. The highest BCUT2D eigenvalue weighted by atomic mass is 79.9. The van der Waals surface area contributed by atoms with Crippen LogP contribution in [0.4, 0.5) is 5.69 Å². The zero-order chi connectivity index (χ0) is 20.6. The number of nitrogens with one attached hydrogen (secondary N) is 1. The number of rotatable bonds is 7. The number of methoxy groups -OCH3 is 1. The Morgan fingerprint density at radius 1 is 1.17 bits per heavy atom. The zero-order valence-corrected chi connectivity index (χ0v) is 17.4. The molecule has 1 heterocycles. The highest BCUT2D eigenvalue weighted by Crippen LogP contribution is 2.34. The molecule has 0 radical (unpaired) electrons. The van der Waals surface area contributed by atoms with Crippen molar-refractivity contribution in [1.29, 1.82) is 0 Å². The summed E-state index contributed by atoms with van der Waals surface area (Å²) in [4.78, 5) is 17.0. The maximum Gasteiger partial charge on any atom is 0.228 e. The Morgan fingerprint density at radius 2 is 1.97 bits per heavy atom. The van der Waals surface area contributed by atoms with E-state index in [-0.39, 0.29) is 18.9 Å². The number of hydrogen-bond donors (Lipinski definition) is 1. The lowest BCUT2D eigenvalue weighted by molar-refractivity contribution is -0.115. The number of benzene rings is 2. The SMILES string of the molecule is C#CCOc1ccc(-c2ncccc2NC(=O)Cc2ccc(Br)cc2)cc1OC. The van der Waals surface area contributed by atoms with Crippen LogP contribution in [0.2, 0.25) is 0 Å². The summed E-state index contributed by atoms with van der Waals surface area (Å²) < 4.78 is 11.9. The van der Waals surface area contributed by atoms with Crippen LogP contribution in [0.25, 0.3) is 11.3 Å². The van der Waals surface area contributed by atoms with Crippen LogP contribution in [0.5, 0.6) is 11.5 Å². The molecule has 0 saturated heterocycles. The van der Waals surface area contributed by atoms with Crippen LogP contribution in [-0.2, 0) is 11.2 Å². The van der Waals surface area contributed by atoms with E-state index in [1.807, 2.05) is 36.4 Å². The molecule has 0 fully saturated rings. The number of pyridine rings is 1. The number of amides is 1. The number of halogens is 1. The van der Waals surface area contributed by atoms with Crippen LogP contribution in [-0.4, -0.2) is 24.6 Å². The van der Waals surface area contributed by atoms with Gasteiger partial charge in [0, 0.05) is 16.2 Å². The first kappa shape index (κ1) is 20.4. The molecule has 3 rings (SSSR count). The van der Waals surface area contributed by atoms with Crippen LogP contribution in [0, 0.1) is 12.3 Å². The van der Waals surface area contributed by atoms with E-state index in [2.05, 4.69) is 32.2 Å². The van der Waals surface area contributed by atoms with E-state index in [0.29, 0.717) is 22.9 Å². The number of carbonyl (C=O) groups excluding carboxylic acids is 1. The molecule has 0 spiro atoms. The van der Waals surface area contributed by atoms with Crippen LogP contribution >= 0.6 is 15.9 Å². The minimum absolute atomic E-state index is 0.123. The number of nitrogens with zero attached hydrogens (tertiary/aromatic N) is 1. The van der Waals surface area contributed by atoms with Gasteiger partial charge in [-0.25, -0.2) is 0 Å². The smallest absolute Gasteiger partial charge is 0.228 e. The summed E-state index contributed by atoms with van der Waals surface area (Å²) in [6, 6.07) is 16.7. The molecule has 1 amide bonds. The number of aromatic nitrogens is 1. The molecular weight excluding hydrogens is 432 g/mol. The van der Waals surface area contributed by atoms with Crippen LogP contribution in [0.1, 0.15) is 5.56 Å². The zero-order valence-electron chi connectivity index (χ0n) is 15.8. The summed E-state index contributed by atoms with van der Waals surface area (Å²) in [7, 11) is 1.56. The van der Waals surface area contributed by atoms with Gasteiger partial charge >= 0.3 is 0 Å². The lowest BCUT2D eigenvalue weighted by atomic mass is 10.1. The van der Waals surface area contributed by atoms with Gasteiger partial charge in [-0.1, -0.05) is 34.0 Å². The fraction of sp³-hybridized carbons (Fsp3) is 0.130. The van der Waals surface area contributed by atoms with Crippen molar-refractivity contribution in [2.75, 3.05) is 19.0 Å². The van der Waals surface area contributed by atoms with Gasteiger partial charge in [-0.2, -0.15) is 0 Å². The number of carbonyl (C=O) groups is 1. The molecule has 6 heteroatoms. The van der Waals surface area contributed by atoms with Gasteiger partial charge in [-0.15, -0.1) is 6.42 Å². The molecule has 146 valence electrons. The Morgan fingerprint density at radius 3 is 2.69 bits per heavy atom. The summed E-state index contributed by atoms with van der Waals surface area (Å²) in [5.74, 6) is 3.39. The monoisotopic (exact) mass is 450 g/mol. The molecule has 0 aliphatic carbocycles. The van der Waals surface area contributed by atoms with E-state index in [0.717, 1.165) is 15.6 Å². The fourth-order valence-corrected chi connectivity index (χ4v) is 3.04. The second kappa shape index (κ2) is 9.76. The first-order chi connectivity index (χ1) is 14.1. The maximum atomic E-state index is 12.5. The molecule has 0 atom stereocenters. The summed E-state index contributed by atoms with van der Waals surface area (Å²) in [6.45, 7) is 0.149. The number of terminal acetylenes is 1. The maximum absolute atomic E-state index is 12.5. The summed E-state index contributed by atoms with van der Waals surface area (Å²) in [6.07, 6.45) is 7.19. The van der Waals surface area contributed by atoms with Crippen LogP contribution < -0.4 is 14.8 Å². The molecule has 2 aromatic carbocycles. The summed E-state index contributed by atoms with van der Waals surface area (Å²) in [5.41, 5.74) is 2.97. The second-order valence-corrected chi connectivity index (χ2v) is 7.03. The third-order valence-electron chi connectivity index (χ3n) is 4.11. The first-order valence-electron chi connectivity index (χ1n) is 8.84. The van der Waals surface area contributed by atoms with Crippen molar-refractivity contribution in [1.82, 2.24) is 4.98 Å². The van der Waals surface area contributed by atoms with E-state index < -0.39 is 0 Å². The van der Waals surface area contributed by atoms with Crippen LogP contribution in [0.3, 0.4) is 0 Å². The highest BCUT2D eigenvalue weighted by molar-refractivity contribution is 9.10. The van der Waals surface area contributed by atoms with Gasteiger partial charge in [-0.05, 0) is 48.0 Å². The lowest BCUT2D eigenvalue weighted by Gasteiger charge is -2.13. The van der Waals surface area contributed by atoms with Gasteiger partial charge in [0.05, 0.1) is 24.9 Å². The van der Waals surface area contributed by atoms with Gasteiger partial charge in [0.2, 0.25) is 5.91 Å². The van der Waals surface area contributed by atoms with E-state index in [1.54, 1.807) is 31.5 Å². The van der Waals surface area contributed by atoms with Gasteiger partial charge in [0.25, 0.3) is 0 Å². The van der Waals surface area contributed by atoms with Crippen molar-refractivity contribution in [2.24, 2.45) is 0 Å². The first-order valence-corrected chi connectivity index (χ1v) is 9.64. The Bertz CT molecular complexity index is 1040. The van der Waals surface area contributed by atoms with Crippen molar-refractivity contribution < 1.29 is 14.3 Å². The van der Waals surface area contributed by atoms with E-state index in [4.69, 9.17) is 15.9 Å². The van der Waals surface area contributed by atoms with E-state index in [9.17, 15) is 4.79 Å². The van der Waals surface area contributed by atoms with Gasteiger partial charge in [0.15, 0.2) is 11.5 Å². The molecule has 1 aromatic heterocycles. The fourth-order valence-electron chi connectivity index (χ4n) is 2.77. The van der Waals surface area contributed by atoms with Crippen molar-refractivity contribution in [3.05, 3.63) is 70.8 Å². The molecule has 0 unspecified atom stereocenters. The standard InChI is InChI=1S/C23H19BrN2O3/c1-3-13-29-20-11-8-17(15-21(20)28-2)23-19(5-4-12-25-23)26-22(27)14-16-6-9-18(24)10-7-16/h1,4-12,15H,13-14H2,2H3,(H,26,27). The molecule has 5 nitrogen and oxygen atoms in total. The predicted molar refractivity (Wildman–Crippen MR) is 117 cm³/mol. The topological polar surface area (TPSA) is 60.5 Å². The normalized spacial score (nSPS) is 10.1. The second-order valence-electron chi connectivity index (χ2n) is 6.11. The molecule has 0 bridgehead atoms. The average Bonchev–Trinajstić information content (AvgIpc) is 2.74. The van der Waals surface area contributed by atoms with Crippen molar-refractivity contribution in [3.63, 3.8) is 0 Å². The Balaban J connectivity index is 1.82. The molecule has 0 saturated carbocycles. The largest absolute Gasteiger partial charge is 0.493 e. The number of hydrogen-bond acceptors (Lipinski definition) is 4. The Labute approximate surface area is 178 Å². The minimum atomic E-state index is -0.123. The molecule has 29 heavy (non-hydrogen) atoms.